The highest BCUT2D eigenvalue weighted by Crippen LogP contribution is 2.33. The van der Waals surface area contributed by atoms with Crippen molar-refractivity contribution in [2.45, 2.75) is 90.0 Å². The number of aromatic nitrogens is 3. The molecule has 310 valence electrons. The number of rotatable bonds is 8. The molecule has 4 N–H and O–H groups in total. The maximum Gasteiger partial charge on any atom is 0.264 e. The minimum atomic E-state index is -1.10. The summed E-state index contributed by atoms with van der Waals surface area (Å²) in [7, 11) is 1.61. The fourth-order valence-corrected chi connectivity index (χ4v) is 7.34. The van der Waals surface area contributed by atoms with Crippen LogP contribution < -0.4 is 35.6 Å². The lowest BCUT2D eigenvalue weighted by molar-refractivity contribution is -0.130. The van der Waals surface area contributed by atoms with Crippen molar-refractivity contribution in [3.63, 3.8) is 0 Å². The van der Waals surface area contributed by atoms with Crippen LogP contribution in [0.4, 0.5) is 5.69 Å². The number of carbonyl (C=O) groups excluding carboxylic acids is 5. The molecule has 4 aliphatic rings. The summed E-state index contributed by atoms with van der Waals surface area (Å²) in [5.74, 6) is 0.714. The van der Waals surface area contributed by atoms with E-state index < -0.39 is 35.8 Å². The highest BCUT2D eigenvalue weighted by atomic mass is 16.5. The Labute approximate surface area is 343 Å². The van der Waals surface area contributed by atoms with E-state index in [4.69, 9.17) is 19.6 Å². The van der Waals surface area contributed by atoms with Gasteiger partial charge < -0.3 is 35.6 Å². The van der Waals surface area contributed by atoms with E-state index in [0.717, 1.165) is 24.0 Å². The first-order chi connectivity index (χ1) is 28.4. The molecule has 15 nitrogen and oxygen atoms in total. The van der Waals surface area contributed by atoms with E-state index in [1.165, 1.54) is 4.90 Å². The maximum absolute atomic E-state index is 14.1. The van der Waals surface area contributed by atoms with Crippen molar-refractivity contribution in [1.82, 2.24) is 36.0 Å². The molecule has 0 unspecified atom stereocenters. The molecule has 4 aromatic rings. The lowest BCUT2D eigenvalue weighted by atomic mass is 10.0. The van der Waals surface area contributed by atoms with E-state index in [9.17, 15) is 24.0 Å². The Morgan fingerprint density at radius 2 is 1.68 bits per heavy atom. The molecule has 0 spiro atoms. The lowest BCUT2D eigenvalue weighted by Crippen LogP contribution is -2.54. The van der Waals surface area contributed by atoms with Gasteiger partial charge >= 0.3 is 0 Å². The number of likely N-dealkylation sites (N-methyl/N-ethyl adjacent to an activating group) is 1. The molecule has 8 rings (SSSR count). The van der Waals surface area contributed by atoms with E-state index >= 15 is 0 Å². The van der Waals surface area contributed by atoms with Crippen molar-refractivity contribution in [3.05, 3.63) is 101 Å². The van der Waals surface area contributed by atoms with Gasteiger partial charge in [-0.3, -0.25) is 24.0 Å². The van der Waals surface area contributed by atoms with Gasteiger partial charge in [-0.2, -0.15) is 5.10 Å². The molecule has 3 aromatic carbocycles. The largest absolute Gasteiger partial charge is 0.491 e. The molecule has 0 radical (unpaired) electrons. The Bertz CT molecular complexity index is 2170. The van der Waals surface area contributed by atoms with E-state index in [1.807, 2.05) is 42.5 Å². The first-order valence-electron chi connectivity index (χ1n) is 20.3. The minimum Gasteiger partial charge on any atom is -0.491 e. The van der Waals surface area contributed by atoms with Crippen molar-refractivity contribution in [2.24, 2.45) is 11.8 Å². The number of nitrogens with zero attached hydrogens (tertiary/aromatic N) is 4. The van der Waals surface area contributed by atoms with Gasteiger partial charge in [-0.05, 0) is 85.9 Å². The van der Waals surface area contributed by atoms with Gasteiger partial charge in [-0.15, -0.1) is 0 Å². The van der Waals surface area contributed by atoms with Gasteiger partial charge in [0.25, 0.3) is 11.8 Å². The van der Waals surface area contributed by atoms with Gasteiger partial charge in [0, 0.05) is 25.5 Å². The van der Waals surface area contributed by atoms with Crippen LogP contribution in [0, 0.1) is 11.8 Å². The Morgan fingerprint density at radius 3 is 2.41 bits per heavy atom. The number of benzene rings is 3. The summed E-state index contributed by atoms with van der Waals surface area (Å²) in [6.07, 6.45) is 3.96. The molecule has 3 aliphatic heterocycles. The predicted molar refractivity (Wildman–Crippen MR) is 219 cm³/mol. The number of hydrogen-bond acceptors (Lipinski definition) is 9. The van der Waals surface area contributed by atoms with Crippen molar-refractivity contribution >= 4 is 35.2 Å². The van der Waals surface area contributed by atoms with Crippen LogP contribution in [0.1, 0.15) is 79.2 Å². The van der Waals surface area contributed by atoms with Crippen molar-refractivity contribution in [3.8, 4) is 11.5 Å². The third-order valence-electron chi connectivity index (χ3n) is 10.7. The summed E-state index contributed by atoms with van der Waals surface area (Å²) in [5, 5.41) is 16.7. The van der Waals surface area contributed by atoms with Crippen LogP contribution in [0.2, 0.25) is 0 Å². The third kappa shape index (κ3) is 10.6. The maximum atomic E-state index is 14.1. The van der Waals surface area contributed by atoms with Gasteiger partial charge in [0.15, 0.2) is 18.3 Å². The van der Waals surface area contributed by atoms with Crippen LogP contribution >= 0.6 is 0 Å². The molecule has 1 aliphatic carbocycles. The highest BCUT2D eigenvalue weighted by Gasteiger charge is 2.32. The first-order valence-corrected chi connectivity index (χ1v) is 20.3. The Morgan fingerprint density at radius 1 is 0.915 bits per heavy atom. The molecule has 1 aromatic heterocycles. The fourth-order valence-electron chi connectivity index (χ4n) is 7.34. The van der Waals surface area contributed by atoms with Gasteiger partial charge in [-0.1, -0.05) is 56.3 Å². The second kappa shape index (κ2) is 18.1. The summed E-state index contributed by atoms with van der Waals surface area (Å²) in [4.78, 5) is 74.4. The van der Waals surface area contributed by atoms with Crippen LogP contribution in [0.5, 0.6) is 11.5 Å². The topological polar surface area (TPSA) is 186 Å². The van der Waals surface area contributed by atoms with Gasteiger partial charge in [0.1, 0.15) is 36.7 Å². The van der Waals surface area contributed by atoms with Crippen LogP contribution in [0.25, 0.3) is 0 Å². The second-order valence-electron chi connectivity index (χ2n) is 16.2. The standard InChI is InChI=1S/C44H52N8O7/c1-26(2)18-32-24-58-33-15-12-29(13-16-33)20-35(48-43(56)31-14-17-37-36(22-31)51(4)40(54)25-59-37)44(57)45-27(3)42(55)47-34(19-28-8-6-5-7-9-28)41-49-38(21-30-10-11-30)50-52(41)23-39(53)46-32/h5-9,12-17,22,26-27,30,32,34-35H,10-11,18-21,23-25H2,1-4H3,(H,45,57)(H,46,53)(H,47,55)(H,48,56)/t27-,32+,34-,35+/m1/s1. The SMILES string of the molecule is CC(C)C[C@H]1COc2ccc(cc2)C[C@H](NC(=O)c2ccc3c(c2)N(C)C(=O)CO3)C(=O)N[C@H](C)C(=O)N[C@H](Cc2ccccc2)c2nc(CC3CC3)nn2CC(=O)N1. The third-order valence-corrected chi connectivity index (χ3v) is 10.7. The van der Waals surface area contributed by atoms with Crippen molar-refractivity contribution < 1.29 is 33.4 Å². The Hall–Kier alpha value is -6.25. The van der Waals surface area contributed by atoms with Crippen LogP contribution in [-0.4, -0.2) is 82.7 Å². The summed E-state index contributed by atoms with van der Waals surface area (Å²) < 4.78 is 13.3. The number of carbonyl (C=O) groups is 5. The van der Waals surface area contributed by atoms with Crippen LogP contribution in [-0.2, 0) is 45.0 Å². The van der Waals surface area contributed by atoms with E-state index in [-0.39, 0.29) is 55.5 Å². The fraction of sp³-hybridized carbons (Fsp3) is 0.432. The zero-order valence-electron chi connectivity index (χ0n) is 33.9. The number of hydrogen-bond donors (Lipinski definition) is 4. The average Bonchev–Trinajstić information content (AvgIpc) is 3.95. The zero-order valence-corrected chi connectivity index (χ0v) is 33.9. The summed E-state index contributed by atoms with van der Waals surface area (Å²) in [5.41, 5.74) is 2.31. The molecule has 4 heterocycles. The number of amides is 5. The number of fused-ring (bicyclic) bond motifs is 15. The van der Waals surface area contributed by atoms with Gasteiger partial charge in [0.05, 0.1) is 17.8 Å². The van der Waals surface area contributed by atoms with E-state index in [0.29, 0.717) is 54.0 Å². The smallest absolute Gasteiger partial charge is 0.264 e. The van der Waals surface area contributed by atoms with Crippen LogP contribution in [0.3, 0.4) is 0 Å². The molecule has 1 saturated carbocycles. The molecular weight excluding hydrogens is 753 g/mol. The first kappa shape index (κ1) is 40.9. The molecule has 59 heavy (non-hydrogen) atoms. The highest BCUT2D eigenvalue weighted by molar-refractivity contribution is 6.02. The zero-order chi connectivity index (χ0) is 41.6. The van der Waals surface area contributed by atoms with Gasteiger partial charge in [-0.25, -0.2) is 9.67 Å². The second-order valence-corrected chi connectivity index (χ2v) is 16.2. The monoisotopic (exact) mass is 804 g/mol. The summed E-state index contributed by atoms with van der Waals surface area (Å²) in [6.45, 7) is 5.75. The normalized spacial score (nSPS) is 21.6. The van der Waals surface area contributed by atoms with Gasteiger partial charge in [0.2, 0.25) is 17.7 Å². The molecule has 0 saturated heterocycles. The summed E-state index contributed by atoms with van der Waals surface area (Å²) >= 11 is 0. The molecule has 15 heteroatoms. The Balaban J connectivity index is 1.20. The molecule has 4 atom stereocenters. The quantitative estimate of drug-likeness (QED) is 0.207. The number of anilines is 1. The summed E-state index contributed by atoms with van der Waals surface area (Å²) in [6, 6.07) is 18.4. The molecule has 1 fully saturated rings. The molecular formula is C44H52N8O7. The number of nitrogens with one attached hydrogen (secondary N) is 4. The molecule has 5 amide bonds. The molecule has 2 bridgehead atoms. The van der Waals surface area contributed by atoms with E-state index in [1.54, 1.807) is 49.0 Å². The van der Waals surface area contributed by atoms with E-state index in [2.05, 4.69) is 35.1 Å². The average molecular weight is 805 g/mol. The van der Waals surface area contributed by atoms with Crippen molar-refractivity contribution in [2.75, 3.05) is 25.2 Å². The number of ether oxygens (including phenoxy) is 2. The minimum absolute atomic E-state index is 0.0914. The Kier molecular flexibility index (Phi) is 12.6. The predicted octanol–water partition coefficient (Wildman–Crippen LogP) is 3.46. The van der Waals surface area contributed by atoms with Crippen molar-refractivity contribution in [1.29, 1.82) is 0 Å². The lowest BCUT2D eigenvalue weighted by Gasteiger charge is -2.27. The van der Waals surface area contributed by atoms with Crippen LogP contribution in [0.15, 0.2) is 72.8 Å².